The van der Waals surface area contributed by atoms with E-state index in [-0.39, 0.29) is 5.56 Å². The van der Waals surface area contributed by atoms with Gasteiger partial charge in [0.05, 0.1) is 17.4 Å². The number of pyridine rings is 1. The number of hydrogen-bond acceptors (Lipinski definition) is 2. The van der Waals surface area contributed by atoms with E-state index in [4.69, 9.17) is 0 Å². The van der Waals surface area contributed by atoms with Gasteiger partial charge in [0.1, 0.15) is 0 Å². The Morgan fingerprint density at radius 1 is 1.05 bits per heavy atom. The molecule has 2 heterocycles. The van der Waals surface area contributed by atoms with Crippen LogP contribution in [0.5, 0.6) is 0 Å². The van der Waals surface area contributed by atoms with Gasteiger partial charge in [0.25, 0.3) is 5.56 Å². The lowest BCUT2D eigenvalue weighted by molar-refractivity contribution is 0.633. The Balaban J connectivity index is 2.29. The van der Waals surface area contributed by atoms with Gasteiger partial charge in [0, 0.05) is 18.5 Å². The van der Waals surface area contributed by atoms with Crippen LogP contribution in [0, 0.1) is 0 Å². The fourth-order valence-electron chi connectivity index (χ4n) is 3.00. The van der Waals surface area contributed by atoms with Crippen LogP contribution in [0.3, 0.4) is 0 Å². The highest BCUT2D eigenvalue weighted by Gasteiger charge is 2.14. The van der Waals surface area contributed by atoms with E-state index in [9.17, 15) is 4.79 Å². The van der Waals surface area contributed by atoms with Crippen molar-refractivity contribution in [3.05, 3.63) is 40.9 Å². The predicted molar refractivity (Wildman–Crippen MR) is 91.3 cm³/mol. The fraction of sp³-hybridized carbons (Fsp3) is 0.444. The Morgan fingerprint density at radius 3 is 2.55 bits per heavy atom. The Bertz CT molecular complexity index is 845. The topological polar surface area (TPSA) is 39.8 Å². The maximum atomic E-state index is 12.8. The molecule has 3 aromatic rings. The van der Waals surface area contributed by atoms with Crippen LogP contribution in [-0.4, -0.2) is 14.1 Å². The van der Waals surface area contributed by atoms with E-state index in [1.807, 2.05) is 29.1 Å². The van der Waals surface area contributed by atoms with E-state index in [0.29, 0.717) is 5.52 Å². The molecule has 4 heteroatoms. The molecule has 0 saturated carbocycles. The van der Waals surface area contributed by atoms with E-state index < -0.39 is 0 Å². The lowest BCUT2D eigenvalue weighted by atomic mass is 10.1. The molecule has 0 fully saturated rings. The summed E-state index contributed by atoms with van der Waals surface area (Å²) >= 11 is 0. The van der Waals surface area contributed by atoms with Gasteiger partial charge >= 0.3 is 0 Å². The molecule has 0 spiro atoms. The van der Waals surface area contributed by atoms with E-state index in [1.54, 1.807) is 0 Å². The largest absolute Gasteiger partial charge is 0.330 e. The average molecular weight is 297 g/mol. The van der Waals surface area contributed by atoms with E-state index in [2.05, 4.69) is 29.5 Å². The normalized spacial score (nSPS) is 11.5. The molecule has 0 unspecified atom stereocenters. The second-order valence-electron chi connectivity index (χ2n) is 5.82. The van der Waals surface area contributed by atoms with Crippen LogP contribution in [0.2, 0.25) is 0 Å². The molecule has 4 nitrogen and oxygen atoms in total. The molecule has 0 bridgehead atoms. The van der Waals surface area contributed by atoms with Gasteiger partial charge in [-0.25, -0.2) is 4.98 Å². The summed E-state index contributed by atoms with van der Waals surface area (Å²) in [5, 5.41) is 1.13. The molecule has 0 aliphatic carbocycles. The number of aryl methyl sites for hydroxylation is 2. The lowest BCUT2D eigenvalue weighted by Crippen LogP contribution is -2.21. The van der Waals surface area contributed by atoms with Crippen molar-refractivity contribution in [2.24, 2.45) is 0 Å². The monoisotopic (exact) mass is 297 g/mol. The summed E-state index contributed by atoms with van der Waals surface area (Å²) in [7, 11) is 0. The highest BCUT2D eigenvalue weighted by atomic mass is 16.1. The number of aromatic nitrogens is 3. The Kier molecular flexibility index (Phi) is 4.27. The van der Waals surface area contributed by atoms with E-state index >= 15 is 0 Å². The van der Waals surface area contributed by atoms with Crippen LogP contribution in [0.1, 0.15) is 39.5 Å². The Morgan fingerprint density at radius 2 is 1.77 bits per heavy atom. The van der Waals surface area contributed by atoms with Crippen molar-refractivity contribution in [2.75, 3.05) is 0 Å². The number of imidazole rings is 1. The molecule has 0 amide bonds. The SMILES string of the molecule is CCCCn1cnc2c(=O)n(CCCC)c3ccccc3c21. The summed E-state index contributed by atoms with van der Waals surface area (Å²) < 4.78 is 4.02. The highest BCUT2D eigenvalue weighted by Crippen LogP contribution is 2.23. The molecular weight excluding hydrogens is 274 g/mol. The van der Waals surface area contributed by atoms with Gasteiger partial charge in [-0.2, -0.15) is 0 Å². The zero-order valence-corrected chi connectivity index (χ0v) is 13.4. The van der Waals surface area contributed by atoms with Crippen molar-refractivity contribution in [3.8, 4) is 0 Å². The highest BCUT2D eigenvalue weighted by molar-refractivity contribution is 6.02. The summed E-state index contributed by atoms with van der Waals surface area (Å²) in [5.41, 5.74) is 2.65. The molecule has 0 saturated heterocycles. The minimum atomic E-state index is 0.0393. The minimum absolute atomic E-state index is 0.0393. The van der Waals surface area contributed by atoms with Crippen LogP contribution >= 0.6 is 0 Å². The van der Waals surface area contributed by atoms with Crippen molar-refractivity contribution in [3.63, 3.8) is 0 Å². The average Bonchev–Trinajstić information content (AvgIpc) is 2.97. The number of unbranched alkanes of at least 4 members (excludes halogenated alkanes) is 2. The zero-order valence-electron chi connectivity index (χ0n) is 13.4. The van der Waals surface area contributed by atoms with Gasteiger partial charge in [0.15, 0.2) is 5.52 Å². The predicted octanol–water partition coefficient (Wildman–Crippen LogP) is 3.95. The molecule has 0 N–H and O–H groups in total. The second kappa shape index (κ2) is 6.34. The first-order chi connectivity index (χ1) is 10.8. The molecule has 0 aliphatic heterocycles. The first kappa shape index (κ1) is 14.8. The van der Waals surface area contributed by atoms with Crippen molar-refractivity contribution in [2.45, 2.75) is 52.6 Å². The van der Waals surface area contributed by atoms with Gasteiger partial charge in [-0.05, 0) is 18.9 Å². The Hall–Kier alpha value is -2.10. The smallest absolute Gasteiger partial charge is 0.279 e. The molecule has 2 aromatic heterocycles. The number of nitrogens with zero attached hydrogens (tertiary/aromatic N) is 3. The third-order valence-electron chi connectivity index (χ3n) is 4.22. The zero-order chi connectivity index (χ0) is 15.5. The summed E-state index contributed by atoms with van der Waals surface area (Å²) in [5.74, 6) is 0. The molecule has 22 heavy (non-hydrogen) atoms. The van der Waals surface area contributed by atoms with Crippen molar-refractivity contribution >= 4 is 21.9 Å². The third kappa shape index (κ3) is 2.43. The standard InChI is InChI=1S/C18H23N3O/c1-3-5-11-20-13-19-16-17(20)14-9-7-8-10-15(14)21(18(16)22)12-6-4-2/h7-10,13H,3-6,11-12H2,1-2H3. The van der Waals surface area contributed by atoms with Gasteiger partial charge in [-0.15, -0.1) is 0 Å². The third-order valence-corrected chi connectivity index (χ3v) is 4.22. The van der Waals surface area contributed by atoms with Gasteiger partial charge in [-0.1, -0.05) is 44.9 Å². The number of para-hydroxylation sites is 1. The molecular formula is C18H23N3O. The Labute approximate surface area is 130 Å². The first-order valence-corrected chi connectivity index (χ1v) is 8.24. The van der Waals surface area contributed by atoms with Crippen LogP contribution in [-0.2, 0) is 13.1 Å². The fourth-order valence-corrected chi connectivity index (χ4v) is 3.00. The number of fused-ring (bicyclic) bond motifs is 3. The van der Waals surface area contributed by atoms with E-state index in [0.717, 1.165) is 55.2 Å². The number of benzene rings is 1. The van der Waals surface area contributed by atoms with Gasteiger partial charge in [0.2, 0.25) is 0 Å². The first-order valence-electron chi connectivity index (χ1n) is 8.24. The maximum absolute atomic E-state index is 12.8. The van der Waals surface area contributed by atoms with Crippen molar-refractivity contribution in [1.29, 1.82) is 0 Å². The molecule has 0 radical (unpaired) electrons. The van der Waals surface area contributed by atoms with Crippen LogP contribution in [0.25, 0.3) is 21.9 Å². The van der Waals surface area contributed by atoms with Crippen LogP contribution < -0.4 is 5.56 Å². The molecule has 0 atom stereocenters. The number of hydrogen-bond donors (Lipinski definition) is 0. The van der Waals surface area contributed by atoms with Crippen molar-refractivity contribution in [1.82, 2.24) is 14.1 Å². The van der Waals surface area contributed by atoms with E-state index in [1.165, 1.54) is 0 Å². The summed E-state index contributed by atoms with van der Waals surface area (Å²) in [6.45, 7) is 5.99. The molecule has 116 valence electrons. The maximum Gasteiger partial charge on any atom is 0.279 e. The van der Waals surface area contributed by atoms with Crippen molar-refractivity contribution < 1.29 is 0 Å². The summed E-state index contributed by atoms with van der Waals surface area (Å²) in [4.78, 5) is 17.2. The summed E-state index contributed by atoms with van der Waals surface area (Å²) in [6.07, 6.45) is 6.12. The second-order valence-corrected chi connectivity index (χ2v) is 5.82. The summed E-state index contributed by atoms with van der Waals surface area (Å²) in [6, 6.07) is 8.18. The minimum Gasteiger partial charge on any atom is -0.330 e. The molecule has 0 aliphatic rings. The molecule has 1 aromatic carbocycles. The quantitative estimate of drug-likeness (QED) is 0.691. The van der Waals surface area contributed by atoms with Crippen LogP contribution in [0.4, 0.5) is 0 Å². The van der Waals surface area contributed by atoms with Gasteiger partial charge < -0.3 is 9.13 Å². The molecule has 3 rings (SSSR count). The number of rotatable bonds is 6. The van der Waals surface area contributed by atoms with Crippen LogP contribution in [0.15, 0.2) is 35.4 Å². The lowest BCUT2D eigenvalue weighted by Gasteiger charge is -2.12. The van der Waals surface area contributed by atoms with Gasteiger partial charge in [-0.3, -0.25) is 4.79 Å².